The highest BCUT2D eigenvalue weighted by Crippen LogP contribution is 2.23. The van der Waals surface area contributed by atoms with Gasteiger partial charge >= 0.3 is 0 Å². The molecule has 1 aromatic rings. The Morgan fingerprint density at radius 3 is 2.67 bits per heavy atom. The zero-order chi connectivity index (χ0) is 13.4. The summed E-state index contributed by atoms with van der Waals surface area (Å²) in [5.41, 5.74) is 1.93. The molecule has 0 saturated carbocycles. The average molecular weight is 240 g/mol. The SMILES string of the molecule is CCCCOc1ccc(C)cc1C=C(C#N)C#N. The van der Waals surface area contributed by atoms with Crippen molar-refractivity contribution in [3.8, 4) is 17.9 Å². The number of hydrogen-bond acceptors (Lipinski definition) is 3. The van der Waals surface area contributed by atoms with Crippen LogP contribution in [0.4, 0.5) is 0 Å². The summed E-state index contributed by atoms with van der Waals surface area (Å²) in [6.45, 7) is 4.71. The number of nitriles is 2. The number of ether oxygens (including phenoxy) is 1. The molecule has 0 aliphatic heterocycles. The minimum absolute atomic E-state index is 0.0842. The molecule has 0 bridgehead atoms. The third-order valence-electron chi connectivity index (χ3n) is 2.46. The summed E-state index contributed by atoms with van der Waals surface area (Å²) in [6.07, 6.45) is 3.62. The van der Waals surface area contributed by atoms with Gasteiger partial charge < -0.3 is 4.74 Å². The van der Waals surface area contributed by atoms with Crippen LogP contribution in [0.5, 0.6) is 5.75 Å². The van der Waals surface area contributed by atoms with Crippen LogP contribution >= 0.6 is 0 Å². The molecule has 0 heterocycles. The third kappa shape index (κ3) is 3.96. The lowest BCUT2D eigenvalue weighted by molar-refractivity contribution is 0.308. The number of benzene rings is 1. The maximum absolute atomic E-state index is 8.78. The summed E-state index contributed by atoms with van der Waals surface area (Å²) < 4.78 is 5.66. The topological polar surface area (TPSA) is 56.8 Å². The first-order valence-electron chi connectivity index (χ1n) is 5.96. The first-order valence-corrected chi connectivity index (χ1v) is 5.96. The maximum atomic E-state index is 8.78. The van der Waals surface area contributed by atoms with Crippen LogP contribution in [0.2, 0.25) is 0 Å². The summed E-state index contributed by atoms with van der Waals surface area (Å²) in [5.74, 6) is 0.719. The Morgan fingerprint density at radius 1 is 1.33 bits per heavy atom. The molecular formula is C15H16N2O. The van der Waals surface area contributed by atoms with Crippen LogP contribution in [0.25, 0.3) is 6.08 Å². The van der Waals surface area contributed by atoms with Crippen LogP contribution in [0, 0.1) is 29.6 Å². The van der Waals surface area contributed by atoms with Crippen LogP contribution in [0.1, 0.15) is 30.9 Å². The molecule has 1 aromatic carbocycles. The molecule has 18 heavy (non-hydrogen) atoms. The van der Waals surface area contributed by atoms with Gasteiger partial charge in [0.25, 0.3) is 0 Å². The lowest BCUT2D eigenvalue weighted by Crippen LogP contribution is -1.98. The summed E-state index contributed by atoms with van der Waals surface area (Å²) in [6, 6.07) is 9.46. The Bertz CT molecular complexity index is 502. The fraction of sp³-hybridized carbons (Fsp3) is 0.333. The number of allylic oxidation sites excluding steroid dienone is 1. The predicted octanol–water partition coefficient (Wildman–Crippen LogP) is 3.60. The molecular weight excluding hydrogens is 224 g/mol. The first kappa shape index (κ1) is 13.8. The monoisotopic (exact) mass is 240 g/mol. The van der Waals surface area contributed by atoms with Gasteiger partial charge in [0, 0.05) is 5.56 Å². The van der Waals surface area contributed by atoms with E-state index in [2.05, 4.69) is 6.92 Å². The normalized spacial score (nSPS) is 9.11. The minimum Gasteiger partial charge on any atom is -0.493 e. The van der Waals surface area contributed by atoms with Crippen LogP contribution in [-0.2, 0) is 0 Å². The van der Waals surface area contributed by atoms with E-state index in [1.54, 1.807) is 6.08 Å². The molecule has 0 unspecified atom stereocenters. The molecule has 0 spiro atoms. The van der Waals surface area contributed by atoms with Gasteiger partial charge in [-0.1, -0.05) is 25.0 Å². The number of aryl methyl sites for hydroxylation is 1. The largest absolute Gasteiger partial charge is 0.493 e. The standard InChI is InChI=1S/C15H16N2O/c1-3-4-7-18-15-6-5-12(2)8-14(15)9-13(10-16)11-17/h5-6,8-9H,3-4,7H2,1-2H3. The molecule has 0 saturated heterocycles. The summed E-state index contributed by atoms with van der Waals surface area (Å²) >= 11 is 0. The molecule has 0 fully saturated rings. The molecule has 3 nitrogen and oxygen atoms in total. The first-order chi connectivity index (χ1) is 8.71. The van der Waals surface area contributed by atoms with Crippen molar-refractivity contribution in [1.82, 2.24) is 0 Å². The van der Waals surface area contributed by atoms with Gasteiger partial charge in [-0.05, 0) is 31.6 Å². The van der Waals surface area contributed by atoms with Gasteiger partial charge in [0.05, 0.1) is 6.61 Å². The lowest BCUT2D eigenvalue weighted by atomic mass is 10.1. The van der Waals surface area contributed by atoms with E-state index in [1.165, 1.54) is 0 Å². The van der Waals surface area contributed by atoms with E-state index in [9.17, 15) is 0 Å². The molecule has 0 aliphatic rings. The van der Waals surface area contributed by atoms with E-state index >= 15 is 0 Å². The van der Waals surface area contributed by atoms with Gasteiger partial charge in [0.1, 0.15) is 23.5 Å². The number of rotatable bonds is 5. The minimum atomic E-state index is 0.0842. The second-order valence-electron chi connectivity index (χ2n) is 4.02. The van der Waals surface area contributed by atoms with Crippen LogP contribution in [0.15, 0.2) is 23.8 Å². The zero-order valence-electron chi connectivity index (χ0n) is 10.7. The van der Waals surface area contributed by atoms with E-state index in [0.717, 1.165) is 29.7 Å². The van der Waals surface area contributed by atoms with Gasteiger partial charge in [-0.3, -0.25) is 0 Å². The van der Waals surface area contributed by atoms with Gasteiger partial charge in [0.2, 0.25) is 0 Å². The molecule has 1 rings (SSSR count). The van der Waals surface area contributed by atoms with Crippen molar-refractivity contribution < 1.29 is 4.74 Å². The molecule has 0 radical (unpaired) electrons. The van der Waals surface area contributed by atoms with Crippen LogP contribution in [0.3, 0.4) is 0 Å². The Morgan fingerprint density at radius 2 is 2.06 bits per heavy atom. The Balaban J connectivity index is 3.01. The van der Waals surface area contributed by atoms with Crippen molar-refractivity contribution in [3.63, 3.8) is 0 Å². The van der Waals surface area contributed by atoms with Crippen molar-refractivity contribution in [2.24, 2.45) is 0 Å². The maximum Gasteiger partial charge on any atom is 0.130 e. The summed E-state index contributed by atoms with van der Waals surface area (Å²) in [4.78, 5) is 0. The van der Waals surface area contributed by atoms with Crippen molar-refractivity contribution in [1.29, 1.82) is 10.5 Å². The zero-order valence-corrected chi connectivity index (χ0v) is 10.7. The molecule has 0 aromatic heterocycles. The Labute approximate surface area is 108 Å². The van der Waals surface area contributed by atoms with E-state index in [1.807, 2.05) is 37.3 Å². The average Bonchev–Trinajstić information content (AvgIpc) is 2.38. The van der Waals surface area contributed by atoms with E-state index in [4.69, 9.17) is 15.3 Å². The second-order valence-corrected chi connectivity index (χ2v) is 4.02. The van der Waals surface area contributed by atoms with E-state index in [-0.39, 0.29) is 5.57 Å². The van der Waals surface area contributed by atoms with Crippen molar-refractivity contribution >= 4 is 6.08 Å². The second kappa shape index (κ2) is 7.14. The molecule has 0 amide bonds. The molecule has 0 aliphatic carbocycles. The fourth-order valence-corrected chi connectivity index (χ4v) is 1.48. The molecule has 3 heteroatoms. The van der Waals surface area contributed by atoms with Crippen molar-refractivity contribution in [2.45, 2.75) is 26.7 Å². The summed E-state index contributed by atoms with van der Waals surface area (Å²) in [5, 5.41) is 17.6. The van der Waals surface area contributed by atoms with E-state index in [0.29, 0.717) is 6.61 Å². The quantitative estimate of drug-likeness (QED) is 0.583. The number of unbranched alkanes of at least 4 members (excludes halogenated alkanes) is 1. The Kier molecular flexibility index (Phi) is 5.48. The highest BCUT2D eigenvalue weighted by Gasteiger charge is 2.03. The van der Waals surface area contributed by atoms with Crippen LogP contribution < -0.4 is 4.74 Å². The predicted molar refractivity (Wildman–Crippen MR) is 70.8 cm³/mol. The number of nitrogens with zero attached hydrogens (tertiary/aromatic N) is 2. The third-order valence-corrected chi connectivity index (χ3v) is 2.46. The van der Waals surface area contributed by atoms with Gasteiger partial charge in [-0.25, -0.2) is 0 Å². The summed E-state index contributed by atoms with van der Waals surface area (Å²) in [7, 11) is 0. The van der Waals surface area contributed by atoms with E-state index < -0.39 is 0 Å². The van der Waals surface area contributed by atoms with Gasteiger partial charge in [-0.15, -0.1) is 0 Å². The smallest absolute Gasteiger partial charge is 0.130 e. The Hall–Kier alpha value is -2.26. The van der Waals surface area contributed by atoms with Crippen molar-refractivity contribution in [2.75, 3.05) is 6.61 Å². The lowest BCUT2D eigenvalue weighted by Gasteiger charge is -2.09. The van der Waals surface area contributed by atoms with Crippen LogP contribution in [-0.4, -0.2) is 6.61 Å². The number of hydrogen-bond donors (Lipinski definition) is 0. The van der Waals surface area contributed by atoms with Crippen molar-refractivity contribution in [3.05, 3.63) is 34.9 Å². The molecule has 0 N–H and O–H groups in total. The molecule has 0 atom stereocenters. The molecule has 92 valence electrons. The fourth-order valence-electron chi connectivity index (χ4n) is 1.48. The van der Waals surface area contributed by atoms with Gasteiger partial charge in [0.15, 0.2) is 0 Å². The highest BCUT2D eigenvalue weighted by molar-refractivity contribution is 5.66. The van der Waals surface area contributed by atoms with Gasteiger partial charge in [-0.2, -0.15) is 10.5 Å². The highest BCUT2D eigenvalue weighted by atomic mass is 16.5.